The monoisotopic (exact) mass is 250 g/mol. The molecule has 1 aromatic rings. The molecule has 2 saturated heterocycles. The summed E-state index contributed by atoms with van der Waals surface area (Å²) in [5, 5.41) is 0. The van der Waals surface area contributed by atoms with E-state index in [0.29, 0.717) is 19.0 Å². The summed E-state index contributed by atoms with van der Waals surface area (Å²) >= 11 is 0. The molecule has 0 unspecified atom stereocenters. The Labute approximate surface area is 105 Å². The van der Waals surface area contributed by atoms with Crippen molar-refractivity contribution in [3.05, 3.63) is 18.2 Å². The van der Waals surface area contributed by atoms with Crippen molar-refractivity contribution >= 4 is 11.9 Å². The van der Waals surface area contributed by atoms with E-state index in [-0.39, 0.29) is 11.8 Å². The molecular weight excluding hydrogens is 235 g/mol. The molecule has 0 aliphatic carbocycles. The van der Waals surface area contributed by atoms with E-state index < -0.39 is 5.82 Å². The van der Waals surface area contributed by atoms with E-state index in [1.54, 1.807) is 0 Å². The highest BCUT2D eigenvalue weighted by Crippen LogP contribution is 2.24. The normalized spacial score (nSPS) is 20.1. The number of hydrogen-bond acceptors (Lipinski definition) is 4. The summed E-state index contributed by atoms with van der Waals surface area (Å²) in [5.41, 5.74) is 0. The molecule has 0 spiro atoms. The summed E-state index contributed by atoms with van der Waals surface area (Å²) in [6, 6.07) is 0. The number of likely N-dealkylation sites (tertiary alicyclic amines) is 1. The maximum absolute atomic E-state index is 12.7. The second-order valence-electron chi connectivity index (χ2n) is 4.84. The number of halogens is 1. The first-order valence-electron chi connectivity index (χ1n) is 6.25. The molecule has 1 amide bonds. The van der Waals surface area contributed by atoms with Crippen LogP contribution in [0.25, 0.3) is 0 Å². The lowest BCUT2D eigenvalue weighted by atomic mass is 9.99. The molecule has 2 fully saturated rings. The van der Waals surface area contributed by atoms with Gasteiger partial charge in [-0.05, 0) is 12.8 Å². The molecule has 3 rings (SSSR count). The SMILES string of the molecule is O=C(C1CN(c2ncc(F)cn2)C1)N1CCCC1. The topological polar surface area (TPSA) is 49.3 Å². The van der Waals surface area contributed by atoms with Crippen LogP contribution < -0.4 is 4.90 Å². The highest BCUT2D eigenvalue weighted by atomic mass is 19.1. The molecule has 1 aromatic heterocycles. The molecule has 0 N–H and O–H groups in total. The Balaban J connectivity index is 1.56. The molecule has 0 aromatic carbocycles. The number of rotatable bonds is 2. The van der Waals surface area contributed by atoms with Crippen LogP contribution in [0.15, 0.2) is 12.4 Å². The van der Waals surface area contributed by atoms with Crippen LogP contribution in [-0.4, -0.2) is 47.0 Å². The first kappa shape index (κ1) is 11.4. The van der Waals surface area contributed by atoms with Crippen LogP contribution in [0, 0.1) is 11.7 Å². The van der Waals surface area contributed by atoms with Gasteiger partial charge in [0.1, 0.15) is 0 Å². The Morgan fingerprint density at radius 2 is 1.83 bits per heavy atom. The average molecular weight is 250 g/mol. The second-order valence-corrected chi connectivity index (χ2v) is 4.84. The zero-order chi connectivity index (χ0) is 12.5. The van der Waals surface area contributed by atoms with E-state index >= 15 is 0 Å². The highest BCUT2D eigenvalue weighted by molar-refractivity contribution is 5.82. The van der Waals surface area contributed by atoms with Crippen LogP contribution in [0.4, 0.5) is 10.3 Å². The fraction of sp³-hybridized carbons (Fsp3) is 0.583. The lowest BCUT2D eigenvalue weighted by molar-refractivity contribution is -0.135. The quantitative estimate of drug-likeness (QED) is 0.774. The minimum atomic E-state index is -0.441. The Hall–Kier alpha value is -1.72. The summed E-state index contributed by atoms with van der Waals surface area (Å²) in [4.78, 5) is 23.7. The molecule has 5 nitrogen and oxygen atoms in total. The molecule has 0 saturated carbocycles. The van der Waals surface area contributed by atoms with Crippen molar-refractivity contribution in [3.63, 3.8) is 0 Å². The van der Waals surface area contributed by atoms with Gasteiger partial charge in [0.25, 0.3) is 0 Å². The van der Waals surface area contributed by atoms with Gasteiger partial charge in [0.05, 0.1) is 18.3 Å². The standard InChI is InChI=1S/C12H15FN4O/c13-10-5-14-12(15-6-10)17-7-9(8-17)11(18)16-3-1-2-4-16/h5-6,9H,1-4,7-8H2. The van der Waals surface area contributed by atoms with Crippen molar-refractivity contribution in [2.24, 2.45) is 5.92 Å². The maximum atomic E-state index is 12.7. The maximum Gasteiger partial charge on any atom is 0.229 e. The van der Waals surface area contributed by atoms with E-state index in [4.69, 9.17) is 0 Å². The summed E-state index contributed by atoms with van der Waals surface area (Å²) in [6.07, 6.45) is 4.53. The summed E-state index contributed by atoms with van der Waals surface area (Å²) in [5.74, 6) is 0.355. The smallest absolute Gasteiger partial charge is 0.229 e. The van der Waals surface area contributed by atoms with Crippen molar-refractivity contribution in [3.8, 4) is 0 Å². The van der Waals surface area contributed by atoms with E-state index in [1.165, 1.54) is 0 Å². The summed E-state index contributed by atoms with van der Waals surface area (Å²) in [7, 11) is 0. The average Bonchev–Trinajstić information content (AvgIpc) is 2.83. The van der Waals surface area contributed by atoms with Crippen molar-refractivity contribution in [2.75, 3.05) is 31.1 Å². The number of hydrogen-bond donors (Lipinski definition) is 0. The minimum absolute atomic E-state index is 0.0525. The Morgan fingerprint density at radius 1 is 1.22 bits per heavy atom. The second kappa shape index (κ2) is 4.51. The van der Waals surface area contributed by atoms with Gasteiger partial charge in [-0.15, -0.1) is 0 Å². The van der Waals surface area contributed by atoms with Crippen LogP contribution in [0.2, 0.25) is 0 Å². The van der Waals surface area contributed by atoms with Gasteiger partial charge in [0, 0.05) is 26.2 Å². The highest BCUT2D eigenvalue weighted by Gasteiger charge is 2.37. The van der Waals surface area contributed by atoms with Crippen LogP contribution in [0.1, 0.15) is 12.8 Å². The van der Waals surface area contributed by atoms with Gasteiger partial charge >= 0.3 is 0 Å². The Morgan fingerprint density at radius 3 is 2.44 bits per heavy atom. The van der Waals surface area contributed by atoms with Crippen LogP contribution in [0.5, 0.6) is 0 Å². The van der Waals surface area contributed by atoms with E-state index in [0.717, 1.165) is 38.3 Å². The van der Waals surface area contributed by atoms with Gasteiger partial charge in [-0.3, -0.25) is 4.79 Å². The summed E-state index contributed by atoms with van der Waals surface area (Å²) in [6.45, 7) is 3.06. The number of carbonyl (C=O) groups excluding carboxylic acids is 1. The fourth-order valence-electron chi connectivity index (χ4n) is 2.46. The number of nitrogens with zero attached hydrogens (tertiary/aromatic N) is 4. The molecule has 3 heterocycles. The summed E-state index contributed by atoms with van der Waals surface area (Å²) < 4.78 is 12.7. The van der Waals surface area contributed by atoms with Gasteiger partial charge in [-0.2, -0.15) is 0 Å². The van der Waals surface area contributed by atoms with Crippen LogP contribution in [-0.2, 0) is 4.79 Å². The predicted octanol–water partition coefficient (Wildman–Crippen LogP) is 0.674. The molecule has 6 heteroatoms. The first-order chi connectivity index (χ1) is 8.74. The van der Waals surface area contributed by atoms with Gasteiger partial charge in [-0.1, -0.05) is 0 Å². The number of carbonyl (C=O) groups is 1. The lowest BCUT2D eigenvalue weighted by Gasteiger charge is -2.39. The lowest BCUT2D eigenvalue weighted by Crippen LogP contribution is -2.54. The third-order valence-electron chi connectivity index (χ3n) is 3.54. The largest absolute Gasteiger partial charge is 0.342 e. The number of aromatic nitrogens is 2. The van der Waals surface area contributed by atoms with Gasteiger partial charge in [-0.25, -0.2) is 14.4 Å². The van der Waals surface area contributed by atoms with E-state index in [2.05, 4.69) is 9.97 Å². The van der Waals surface area contributed by atoms with Gasteiger partial charge < -0.3 is 9.80 Å². The molecular formula is C12H15FN4O. The number of amides is 1. The van der Waals surface area contributed by atoms with Crippen molar-refractivity contribution in [1.29, 1.82) is 0 Å². The molecule has 0 bridgehead atoms. The molecule has 2 aliphatic heterocycles. The van der Waals surface area contributed by atoms with E-state index in [9.17, 15) is 9.18 Å². The molecule has 0 radical (unpaired) electrons. The van der Waals surface area contributed by atoms with Crippen molar-refractivity contribution in [1.82, 2.24) is 14.9 Å². The molecule has 2 aliphatic rings. The van der Waals surface area contributed by atoms with E-state index in [1.807, 2.05) is 9.80 Å². The minimum Gasteiger partial charge on any atom is -0.342 e. The zero-order valence-electron chi connectivity index (χ0n) is 10.0. The van der Waals surface area contributed by atoms with Gasteiger partial charge in [0.2, 0.25) is 11.9 Å². The predicted molar refractivity (Wildman–Crippen MR) is 63.5 cm³/mol. The van der Waals surface area contributed by atoms with Crippen molar-refractivity contribution < 1.29 is 9.18 Å². The third kappa shape index (κ3) is 2.02. The number of anilines is 1. The third-order valence-corrected chi connectivity index (χ3v) is 3.54. The first-order valence-corrected chi connectivity index (χ1v) is 6.25. The molecule has 96 valence electrons. The Bertz CT molecular complexity index is 438. The molecule has 0 atom stereocenters. The zero-order valence-corrected chi connectivity index (χ0v) is 10.0. The molecule has 18 heavy (non-hydrogen) atoms. The van der Waals surface area contributed by atoms with Crippen LogP contribution >= 0.6 is 0 Å². The van der Waals surface area contributed by atoms with Gasteiger partial charge in [0.15, 0.2) is 5.82 Å². The Kier molecular flexibility index (Phi) is 2.85. The van der Waals surface area contributed by atoms with Crippen molar-refractivity contribution in [2.45, 2.75) is 12.8 Å². The van der Waals surface area contributed by atoms with Crippen LogP contribution in [0.3, 0.4) is 0 Å². The fourth-order valence-corrected chi connectivity index (χ4v) is 2.46.